The molecule has 15 amide bonds. The monoisotopic (exact) mass is 1650 g/mol. The third-order valence-corrected chi connectivity index (χ3v) is 20.4. The van der Waals surface area contributed by atoms with E-state index in [0.717, 1.165) is 19.6 Å². The van der Waals surface area contributed by atoms with E-state index in [1.807, 2.05) is 0 Å². The first-order chi connectivity index (χ1) is 56.6. The maximum atomic E-state index is 15.5. The number of nitrogens with two attached hydrogens (primary N) is 2. The number of phenolic OH excluding ortho intramolecular Hbond substituents is 2. The van der Waals surface area contributed by atoms with E-state index >= 15 is 19.2 Å². The molecule has 0 saturated carbocycles. The van der Waals surface area contributed by atoms with Gasteiger partial charge in [-0.2, -0.15) is 0 Å². The second-order valence-electron chi connectivity index (χ2n) is 29.7. The molecule has 0 unspecified atom stereocenters. The van der Waals surface area contributed by atoms with Crippen molar-refractivity contribution in [3.05, 3.63) is 167 Å². The van der Waals surface area contributed by atoms with Gasteiger partial charge in [0.2, 0.25) is 88.6 Å². The molecule has 37 nitrogen and oxygen atoms in total. The van der Waals surface area contributed by atoms with Crippen molar-refractivity contribution < 1.29 is 87.2 Å². The maximum Gasteiger partial charge on any atom is 0.246 e. The smallest absolute Gasteiger partial charge is 0.246 e. The molecular weight excluding hydrogens is 1540 g/mol. The molecule has 37 heteroatoms. The second-order valence-corrected chi connectivity index (χ2v) is 29.7. The van der Waals surface area contributed by atoms with Gasteiger partial charge >= 0.3 is 0 Å². The highest BCUT2D eigenvalue weighted by Gasteiger charge is 2.43. The Kier molecular flexibility index (Phi) is 35.6. The van der Waals surface area contributed by atoms with Gasteiger partial charge in [0.1, 0.15) is 78.0 Å². The van der Waals surface area contributed by atoms with Crippen LogP contribution in [-0.4, -0.2) is 281 Å². The molecule has 2 saturated heterocycles. The van der Waals surface area contributed by atoms with Gasteiger partial charge in [-0.25, -0.2) is 0 Å². The topological polar surface area (TPSA) is 541 Å². The number of likely N-dealkylation sites (N-methyl/N-ethyl adjacent to an activating group) is 4. The van der Waals surface area contributed by atoms with E-state index in [9.17, 15) is 68.1 Å². The summed E-state index contributed by atoms with van der Waals surface area (Å²) < 4.78 is 0. The Balaban J connectivity index is 1.27. The first kappa shape index (κ1) is 93.1. The number of phenols is 2. The minimum atomic E-state index is -1.78. The largest absolute Gasteiger partial charge is 0.508 e. The van der Waals surface area contributed by atoms with Crippen molar-refractivity contribution in [3.63, 3.8) is 0 Å². The van der Waals surface area contributed by atoms with Crippen molar-refractivity contribution in [2.75, 3.05) is 80.6 Å². The van der Waals surface area contributed by atoms with Crippen molar-refractivity contribution in [2.24, 2.45) is 17.4 Å². The fourth-order valence-corrected chi connectivity index (χ4v) is 13.6. The van der Waals surface area contributed by atoms with Crippen LogP contribution in [0.25, 0.3) is 0 Å². The highest BCUT2D eigenvalue weighted by molar-refractivity contribution is 6.00. The first-order valence-corrected chi connectivity index (χ1v) is 39.0. The van der Waals surface area contributed by atoms with Gasteiger partial charge in [0, 0.05) is 79.9 Å². The molecule has 0 aromatic heterocycles. The number of benzene rings is 5. The lowest BCUT2D eigenvalue weighted by Gasteiger charge is -2.35. The third kappa shape index (κ3) is 28.4. The van der Waals surface area contributed by atoms with Crippen LogP contribution in [0, 0.1) is 11.3 Å². The summed E-state index contributed by atoms with van der Waals surface area (Å²) in [5, 5.41) is 67.2. The molecule has 2 heterocycles. The van der Waals surface area contributed by atoms with Crippen molar-refractivity contribution in [1.29, 1.82) is 5.41 Å². The molecule has 5 aromatic carbocycles. The highest BCUT2D eigenvalue weighted by Crippen LogP contribution is 2.24. The fourth-order valence-electron chi connectivity index (χ4n) is 13.6. The molecule has 5 aromatic rings. The number of aliphatic hydroxyl groups is 1. The Hall–Kier alpha value is -13.1. The van der Waals surface area contributed by atoms with Gasteiger partial charge in [-0.05, 0) is 90.6 Å². The van der Waals surface area contributed by atoms with E-state index in [1.165, 1.54) is 88.5 Å². The number of aliphatic hydroxyl groups excluding tert-OH is 1. The number of nitrogens with one attached hydrogen (secondary N) is 12. The standard InChI is InChI=1S/C82H109N19O18/c1-48(2)70-76(114)95-62(47-102)73(111)89-45-68(107)90-57(25-17-35-87-82(84)85)77(115)99(6)64(40-51-21-13-9-14-22-51)80(118)97(4)46-69(108)92-60(39-54-29-33-56(104)34-30-54)79(117)100(7)65(41-52-23-15-10-16-24-52)81(119)101-36-18-26-63(101)75(113)94-61(72(110)88-43-66(83)105)42-86-44-67(106)91-59(38-50-19-11-8-12-20-50)78(116)98(5)49(3)71(109)93-58(74(112)96-70)37-53-27-31-55(103)32-28-53/h8-16,19-24,27-34,48-49,57-65,70,86,102-104H,17-18,25-26,35-47H2,1-7H3,(H2,83,105)(H,88,110)(H,89,111)(H,90,107)(H,91,106)(H,92,108)(H,93,109)(H,94,113)(H,95,114)(H,96,112)(H4,84,85,87)/t49-,57-,58-,59-,60-,61-,62-,63-,64-,65-,70-/m0/s1. The number of amides is 15. The lowest BCUT2D eigenvalue weighted by molar-refractivity contribution is -0.149. The van der Waals surface area contributed by atoms with Gasteiger partial charge in [-0.15, -0.1) is 0 Å². The lowest BCUT2D eigenvalue weighted by atomic mass is 10.00. The molecule has 7 rings (SSSR count). The summed E-state index contributed by atoms with van der Waals surface area (Å²) in [4.78, 5) is 222. The zero-order chi connectivity index (χ0) is 87.2. The molecule has 0 aliphatic carbocycles. The Morgan fingerprint density at radius 1 is 0.504 bits per heavy atom. The molecular formula is C82H109N19O18. The molecule has 119 heavy (non-hydrogen) atoms. The number of guanidine groups is 1. The average molecular weight is 1650 g/mol. The SMILES string of the molecule is CC(C)[C@@H]1NC(=O)[C@H](Cc2ccc(O)cc2)NC(=O)[C@H](C)N(C)C(=O)[C@H](Cc2ccccc2)NC(=O)CNC[C@@H](C(=O)NCC(N)=O)NC(=O)[C@@H]2CCCN2C(=O)[C@H](Cc2ccccc2)N(C)C(=O)[C@H](Cc2ccc(O)cc2)NC(=O)CN(C)C(=O)[C@H](Cc2ccccc2)N(C)C(=O)[C@H](CCCNC(=N)N)NC(=O)CNC(=O)[C@H](CO)NC1=O. The molecule has 2 fully saturated rings. The Morgan fingerprint density at radius 2 is 0.975 bits per heavy atom. The predicted octanol–water partition coefficient (Wildman–Crippen LogP) is -3.81. The fraction of sp³-hybridized carbons (Fsp3) is 0.439. The lowest BCUT2D eigenvalue weighted by Crippen LogP contribution is -2.61. The number of primary amides is 1. The van der Waals surface area contributed by atoms with Crippen LogP contribution in [0.3, 0.4) is 0 Å². The van der Waals surface area contributed by atoms with Crippen LogP contribution in [-0.2, 0) is 104 Å². The maximum absolute atomic E-state index is 15.5. The zero-order valence-electron chi connectivity index (χ0n) is 67.6. The molecule has 0 spiro atoms. The zero-order valence-corrected chi connectivity index (χ0v) is 67.6. The van der Waals surface area contributed by atoms with Gasteiger partial charge in [0.25, 0.3) is 0 Å². The van der Waals surface area contributed by atoms with Crippen LogP contribution in [0.1, 0.15) is 74.3 Å². The highest BCUT2D eigenvalue weighted by atomic mass is 16.3. The van der Waals surface area contributed by atoms with Gasteiger partial charge in [0.05, 0.1) is 32.8 Å². The summed E-state index contributed by atoms with van der Waals surface area (Å²) in [5.74, 6) is -14.8. The summed E-state index contributed by atoms with van der Waals surface area (Å²) in [6.45, 7) is -0.0338. The van der Waals surface area contributed by atoms with Crippen molar-refractivity contribution in [2.45, 2.75) is 145 Å². The number of aromatic hydroxyl groups is 2. The second kappa shape index (κ2) is 45.4. The minimum absolute atomic E-state index is 0.0262. The Labute approximate surface area is 689 Å². The molecule has 19 N–H and O–H groups in total. The molecule has 640 valence electrons. The van der Waals surface area contributed by atoms with E-state index in [4.69, 9.17) is 16.9 Å². The quantitative estimate of drug-likeness (QED) is 0.0214. The van der Waals surface area contributed by atoms with Gasteiger partial charge < -0.3 is 110 Å². The number of carbonyl (C=O) groups is 15. The molecule has 2 aliphatic rings. The van der Waals surface area contributed by atoms with Crippen LogP contribution < -0.4 is 70.0 Å². The number of fused-ring (bicyclic) bond motifs is 1. The Bertz CT molecular complexity index is 4380. The van der Waals surface area contributed by atoms with Crippen molar-refractivity contribution >= 4 is 94.6 Å². The van der Waals surface area contributed by atoms with Crippen LogP contribution in [0.15, 0.2) is 140 Å². The average Bonchev–Trinajstić information content (AvgIpc) is 1.74. The van der Waals surface area contributed by atoms with E-state index in [2.05, 4.69) is 58.5 Å². The Morgan fingerprint density at radius 3 is 1.50 bits per heavy atom. The van der Waals surface area contributed by atoms with E-state index in [0.29, 0.717) is 27.8 Å². The van der Waals surface area contributed by atoms with Gasteiger partial charge in [-0.3, -0.25) is 77.3 Å². The minimum Gasteiger partial charge on any atom is -0.508 e. The summed E-state index contributed by atoms with van der Waals surface area (Å²) in [7, 11) is 5.21. The number of carbonyl (C=O) groups excluding carboxylic acids is 15. The van der Waals surface area contributed by atoms with Gasteiger partial charge in [0.15, 0.2) is 5.96 Å². The van der Waals surface area contributed by atoms with Crippen LogP contribution in [0.5, 0.6) is 11.5 Å². The summed E-state index contributed by atoms with van der Waals surface area (Å²) in [5.41, 5.74) is 13.5. The summed E-state index contributed by atoms with van der Waals surface area (Å²) in [6.07, 6.45) is -0.731. The van der Waals surface area contributed by atoms with E-state index in [-0.39, 0.29) is 82.4 Å². The summed E-state index contributed by atoms with van der Waals surface area (Å²) >= 11 is 0. The number of hydrogen-bond donors (Lipinski definition) is 17. The van der Waals surface area contributed by atoms with Crippen molar-refractivity contribution in [1.82, 2.24) is 83.0 Å². The number of nitrogens with zero attached hydrogens (tertiary/aromatic N) is 5. The summed E-state index contributed by atoms with van der Waals surface area (Å²) in [6, 6.07) is 20.6. The molecule has 0 bridgehead atoms. The van der Waals surface area contributed by atoms with E-state index < -0.39 is 206 Å². The predicted molar refractivity (Wildman–Crippen MR) is 434 cm³/mol. The molecule has 11 atom stereocenters. The van der Waals surface area contributed by atoms with Gasteiger partial charge in [-0.1, -0.05) is 129 Å². The van der Waals surface area contributed by atoms with Crippen LogP contribution >= 0.6 is 0 Å². The third-order valence-electron chi connectivity index (χ3n) is 20.4. The van der Waals surface area contributed by atoms with Crippen LogP contribution in [0.2, 0.25) is 0 Å². The normalized spacial score (nSPS) is 23.1. The molecule has 2 aliphatic heterocycles. The first-order valence-electron chi connectivity index (χ1n) is 39.0. The van der Waals surface area contributed by atoms with Crippen LogP contribution in [0.4, 0.5) is 0 Å². The number of rotatable bonds is 19. The number of hydrogen-bond acceptors (Lipinski definition) is 20. The molecule has 0 radical (unpaired) electrons. The van der Waals surface area contributed by atoms with E-state index in [1.54, 1.807) is 105 Å². The van der Waals surface area contributed by atoms with Crippen molar-refractivity contribution in [3.8, 4) is 11.5 Å².